The molecule has 39 heavy (non-hydrogen) atoms. The normalized spacial score (nSPS) is 11.8. The standard InChI is InChI=1S/C26H19F2N5O5S/c1-33(38-39(35)36)21-6-5-17-10-24(32-23(17)14-21)25(34)31-20-11-19(12-22(13-20)37-8-7-29)26(27,28)18-4-2-3-16(9-18)15-30/h2-6,9-14,32H,8H2,1H3,(H,31,34)(H,35,36)/p-1. The number of alkyl halides is 2. The monoisotopic (exact) mass is 550 g/mol. The Labute approximate surface area is 223 Å². The number of benzene rings is 3. The van der Waals surface area contributed by atoms with E-state index in [-0.39, 0.29) is 22.7 Å². The molecule has 4 aromatic rings. The Morgan fingerprint density at radius 2 is 1.92 bits per heavy atom. The second-order valence-corrected chi connectivity index (χ2v) is 8.70. The van der Waals surface area contributed by atoms with Gasteiger partial charge in [-0.15, -0.1) is 0 Å². The Hall–Kier alpha value is -4.82. The molecule has 0 aliphatic carbocycles. The van der Waals surface area contributed by atoms with Crippen molar-refractivity contribution in [2.75, 3.05) is 24.0 Å². The van der Waals surface area contributed by atoms with Gasteiger partial charge in [0.05, 0.1) is 17.3 Å². The molecule has 0 bridgehead atoms. The van der Waals surface area contributed by atoms with Gasteiger partial charge >= 0.3 is 0 Å². The molecule has 0 aliphatic rings. The number of hydroxylamine groups is 1. The molecule has 1 heterocycles. The van der Waals surface area contributed by atoms with E-state index in [4.69, 9.17) is 15.3 Å². The number of nitriles is 2. The number of carbonyl (C=O) groups excluding carboxylic acids is 1. The zero-order valence-electron chi connectivity index (χ0n) is 20.1. The first-order chi connectivity index (χ1) is 18.6. The number of aromatic amines is 1. The van der Waals surface area contributed by atoms with Crippen molar-refractivity contribution < 1.29 is 31.4 Å². The zero-order valence-corrected chi connectivity index (χ0v) is 20.9. The smallest absolute Gasteiger partial charge is 0.298 e. The number of halogens is 2. The number of amides is 1. The summed E-state index contributed by atoms with van der Waals surface area (Å²) in [5.74, 6) is -4.28. The first-order valence-electron chi connectivity index (χ1n) is 11.1. The van der Waals surface area contributed by atoms with Crippen molar-refractivity contribution in [1.82, 2.24) is 4.98 Å². The number of rotatable bonds is 9. The van der Waals surface area contributed by atoms with Crippen molar-refractivity contribution in [1.29, 1.82) is 10.5 Å². The van der Waals surface area contributed by atoms with E-state index < -0.39 is 40.9 Å². The highest BCUT2D eigenvalue weighted by Gasteiger charge is 2.35. The van der Waals surface area contributed by atoms with Gasteiger partial charge in [0, 0.05) is 40.8 Å². The maximum atomic E-state index is 15.5. The Balaban J connectivity index is 1.65. The minimum absolute atomic E-state index is 0.0213. The summed E-state index contributed by atoms with van der Waals surface area (Å²) in [5, 5.41) is 22.1. The summed E-state index contributed by atoms with van der Waals surface area (Å²) in [4.78, 5) is 15.9. The molecule has 0 radical (unpaired) electrons. The fourth-order valence-corrected chi connectivity index (χ4v) is 4.04. The first kappa shape index (κ1) is 27.2. The van der Waals surface area contributed by atoms with Crippen molar-refractivity contribution in [2.24, 2.45) is 0 Å². The fraction of sp³-hybridized carbons (Fsp3) is 0.115. The number of hydrogen-bond donors (Lipinski definition) is 2. The maximum absolute atomic E-state index is 15.5. The Bertz CT molecular complexity index is 1660. The lowest BCUT2D eigenvalue weighted by Gasteiger charge is -2.20. The zero-order chi connectivity index (χ0) is 28.2. The van der Waals surface area contributed by atoms with Crippen LogP contribution >= 0.6 is 0 Å². The highest BCUT2D eigenvalue weighted by Crippen LogP contribution is 2.39. The van der Waals surface area contributed by atoms with E-state index in [1.807, 2.05) is 6.07 Å². The van der Waals surface area contributed by atoms with Crippen molar-refractivity contribution in [2.45, 2.75) is 5.92 Å². The second kappa shape index (κ2) is 11.3. The van der Waals surface area contributed by atoms with Gasteiger partial charge in [-0.3, -0.25) is 4.79 Å². The topological polar surface area (TPSA) is 154 Å². The summed E-state index contributed by atoms with van der Waals surface area (Å²) < 4.78 is 62.3. The van der Waals surface area contributed by atoms with Crippen LogP contribution in [0.3, 0.4) is 0 Å². The third kappa shape index (κ3) is 6.19. The van der Waals surface area contributed by atoms with Crippen LogP contribution in [0.4, 0.5) is 20.2 Å². The molecule has 0 spiro atoms. The van der Waals surface area contributed by atoms with Crippen molar-refractivity contribution in [3.8, 4) is 17.9 Å². The number of H-pyrrole nitrogens is 1. The molecule has 1 aromatic heterocycles. The molecule has 0 saturated heterocycles. The van der Waals surface area contributed by atoms with Crippen LogP contribution in [0.2, 0.25) is 0 Å². The van der Waals surface area contributed by atoms with Crippen LogP contribution in [-0.2, 0) is 21.6 Å². The van der Waals surface area contributed by atoms with Gasteiger partial charge in [0.15, 0.2) is 6.61 Å². The summed E-state index contributed by atoms with van der Waals surface area (Å²) in [6, 6.07) is 18.3. The van der Waals surface area contributed by atoms with E-state index >= 15 is 8.78 Å². The lowest BCUT2D eigenvalue weighted by molar-refractivity contribution is 0.0426. The summed E-state index contributed by atoms with van der Waals surface area (Å²) in [6.45, 7) is -0.408. The van der Waals surface area contributed by atoms with Crippen LogP contribution in [0.1, 0.15) is 27.2 Å². The van der Waals surface area contributed by atoms with E-state index in [2.05, 4.69) is 14.6 Å². The van der Waals surface area contributed by atoms with Gasteiger partial charge in [0.1, 0.15) is 28.9 Å². The maximum Gasteiger partial charge on any atom is 0.298 e. The molecular formula is C26H18F2N5O5S-. The van der Waals surface area contributed by atoms with Crippen LogP contribution in [0, 0.1) is 22.7 Å². The van der Waals surface area contributed by atoms with Gasteiger partial charge in [0.2, 0.25) is 0 Å². The third-order valence-electron chi connectivity index (χ3n) is 5.57. The molecule has 1 unspecified atom stereocenters. The fourth-order valence-electron chi connectivity index (χ4n) is 3.77. The number of anilines is 2. The van der Waals surface area contributed by atoms with Crippen molar-refractivity contribution in [3.05, 3.63) is 89.1 Å². The molecule has 2 N–H and O–H groups in total. The lowest BCUT2D eigenvalue weighted by Crippen LogP contribution is -2.18. The number of nitrogens with zero attached hydrogens (tertiary/aromatic N) is 3. The van der Waals surface area contributed by atoms with Gasteiger partial charge in [-0.1, -0.05) is 18.2 Å². The molecule has 1 atom stereocenters. The van der Waals surface area contributed by atoms with E-state index in [0.717, 1.165) is 23.3 Å². The van der Waals surface area contributed by atoms with Crippen molar-refractivity contribution >= 4 is 39.5 Å². The molecule has 3 aromatic carbocycles. The van der Waals surface area contributed by atoms with Gasteiger partial charge in [-0.25, -0.2) is 9.27 Å². The van der Waals surface area contributed by atoms with Gasteiger partial charge in [0.25, 0.3) is 11.8 Å². The van der Waals surface area contributed by atoms with Crippen LogP contribution in [0.25, 0.3) is 10.9 Å². The first-order valence-corrected chi connectivity index (χ1v) is 12.1. The average molecular weight is 551 g/mol. The summed E-state index contributed by atoms with van der Waals surface area (Å²) in [5.41, 5.74) is 0.0404. The number of ether oxygens (including phenoxy) is 1. The van der Waals surface area contributed by atoms with E-state index in [9.17, 15) is 13.6 Å². The quantitative estimate of drug-likeness (QED) is 0.228. The number of fused-ring (bicyclic) bond motifs is 1. The number of carbonyl (C=O) groups is 1. The lowest BCUT2D eigenvalue weighted by atomic mass is 9.98. The molecule has 10 nitrogen and oxygen atoms in total. The van der Waals surface area contributed by atoms with Gasteiger partial charge in [-0.2, -0.15) is 23.6 Å². The number of hydrogen-bond acceptors (Lipinski definition) is 8. The highest BCUT2D eigenvalue weighted by atomic mass is 32.2. The van der Waals surface area contributed by atoms with Crippen LogP contribution < -0.4 is 15.1 Å². The molecule has 4 rings (SSSR count). The van der Waals surface area contributed by atoms with E-state index in [0.29, 0.717) is 16.6 Å². The molecule has 0 aliphatic heterocycles. The molecule has 0 saturated carbocycles. The molecule has 1 amide bonds. The van der Waals surface area contributed by atoms with Crippen molar-refractivity contribution in [3.63, 3.8) is 0 Å². The molecular weight excluding hydrogens is 532 g/mol. The SMILES string of the molecule is CN(OS(=O)[O-])c1ccc2cc(C(=O)Nc3cc(OCC#N)cc(C(F)(F)c4cccc(C#N)c4)c3)[nH]c2c1. The predicted molar refractivity (Wildman–Crippen MR) is 136 cm³/mol. The summed E-state index contributed by atoms with van der Waals surface area (Å²) in [6.07, 6.45) is 0. The molecule has 13 heteroatoms. The molecule has 198 valence electrons. The number of nitrogens with one attached hydrogen (secondary N) is 2. The third-order valence-corrected chi connectivity index (χ3v) is 5.92. The minimum atomic E-state index is -3.56. The summed E-state index contributed by atoms with van der Waals surface area (Å²) in [7, 11) is 1.39. The van der Waals surface area contributed by atoms with Gasteiger partial charge in [-0.05, 0) is 42.5 Å². The second-order valence-electron chi connectivity index (χ2n) is 8.14. The van der Waals surface area contributed by atoms with Crippen LogP contribution in [-0.4, -0.2) is 33.3 Å². The van der Waals surface area contributed by atoms with Crippen LogP contribution in [0.15, 0.2) is 66.7 Å². The Kier molecular flexibility index (Phi) is 7.88. The Morgan fingerprint density at radius 1 is 1.13 bits per heavy atom. The summed E-state index contributed by atoms with van der Waals surface area (Å²) >= 11 is -2.78. The Morgan fingerprint density at radius 3 is 2.64 bits per heavy atom. The highest BCUT2D eigenvalue weighted by molar-refractivity contribution is 7.74. The average Bonchev–Trinajstić information content (AvgIpc) is 3.35. The van der Waals surface area contributed by atoms with E-state index in [1.165, 1.54) is 37.4 Å². The predicted octanol–water partition coefficient (Wildman–Crippen LogP) is 4.50. The largest absolute Gasteiger partial charge is 0.748 e. The minimum Gasteiger partial charge on any atom is -0.748 e. The van der Waals surface area contributed by atoms with Gasteiger partial charge < -0.3 is 19.6 Å². The van der Waals surface area contributed by atoms with E-state index in [1.54, 1.807) is 24.3 Å². The number of aromatic nitrogens is 1. The molecule has 0 fully saturated rings. The van der Waals surface area contributed by atoms with Crippen LogP contribution in [0.5, 0.6) is 5.75 Å².